The molecule has 58 valence electrons. The second kappa shape index (κ2) is 2.71. The molecule has 1 aliphatic heterocycles. The number of hydrogen-bond acceptors (Lipinski definition) is 1. The number of rotatable bonds is 0. The molecule has 1 nitrogen and oxygen atoms in total. The maximum absolute atomic E-state index is 6.14. The average Bonchev–Trinajstić information content (AvgIpc) is 2.36. The van der Waals surface area contributed by atoms with Crippen molar-refractivity contribution < 1.29 is 4.74 Å². The lowest BCUT2D eigenvalue weighted by atomic mass is 9.81. The lowest BCUT2D eigenvalue weighted by molar-refractivity contribution is 0.181. The Morgan fingerprint density at radius 3 is 2.90 bits per heavy atom. The summed E-state index contributed by atoms with van der Waals surface area (Å²) in [5.41, 5.74) is 0. The molecular weight excluding hydrogens is 148 g/mol. The summed E-state index contributed by atoms with van der Waals surface area (Å²) < 4.78 is 5.38. The largest absolute Gasteiger partial charge is 0.381 e. The van der Waals surface area contributed by atoms with Crippen molar-refractivity contribution >= 4 is 11.6 Å². The topological polar surface area (TPSA) is 9.23 Å². The second-order valence-corrected chi connectivity index (χ2v) is 3.97. The Kier molecular flexibility index (Phi) is 1.88. The Morgan fingerprint density at radius 1 is 1.20 bits per heavy atom. The second-order valence-electron chi connectivity index (χ2n) is 3.41. The van der Waals surface area contributed by atoms with Gasteiger partial charge in [0.1, 0.15) is 0 Å². The summed E-state index contributed by atoms with van der Waals surface area (Å²) in [6.45, 7) is 1.88. The zero-order chi connectivity index (χ0) is 6.97. The molecule has 0 amide bonds. The van der Waals surface area contributed by atoms with Gasteiger partial charge in [-0.1, -0.05) is 6.42 Å². The normalized spacial score (nSPS) is 47.1. The van der Waals surface area contributed by atoms with Gasteiger partial charge in [-0.3, -0.25) is 0 Å². The van der Waals surface area contributed by atoms with E-state index in [0.29, 0.717) is 11.3 Å². The molecule has 0 aromatic heterocycles. The van der Waals surface area contributed by atoms with Gasteiger partial charge in [0.05, 0.1) is 6.61 Å². The number of halogens is 1. The highest BCUT2D eigenvalue weighted by Gasteiger charge is 2.36. The van der Waals surface area contributed by atoms with Gasteiger partial charge >= 0.3 is 0 Å². The molecule has 1 heterocycles. The minimum absolute atomic E-state index is 0.404. The van der Waals surface area contributed by atoms with Crippen LogP contribution in [-0.2, 0) is 4.74 Å². The number of hydrogen-bond donors (Lipinski definition) is 0. The first-order valence-electron chi connectivity index (χ1n) is 4.10. The van der Waals surface area contributed by atoms with Crippen LogP contribution in [0.15, 0.2) is 0 Å². The zero-order valence-electron chi connectivity index (χ0n) is 6.05. The van der Waals surface area contributed by atoms with Gasteiger partial charge in [0.2, 0.25) is 0 Å². The summed E-state index contributed by atoms with van der Waals surface area (Å²) in [5.74, 6) is 1.46. The van der Waals surface area contributed by atoms with Crippen LogP contribution in [0.3, 0.4) is 0 Å². The van der Waals surface area contributed by atoms with Crippen LogP contribution in [0.5, 0.6) is 0 Å². The number of alkyl halides is 1. The highest BCUT2D eigenvalue weighted by atomic mass is 35.5. The minimum atomic E-state index is 0.404. The molecule has 2 aliphatic rings. The van der Waals surface area contributed by atoms with Crippen LogP contribution in [0, 0.1) is 11.8 Å². The summed E-state index contributed by atoms with van der Waals surface area (Å²) >= 11 is 6.14. The molecule has 2 heteroatoms. The lowest BCUT2D eigenvalue weighted by Crippen LogP contribution is -2.27. The quantitative estimate of drug-likeness (QED) is 0.493. The van der Waals surface area contributed by atoms with Gasteiger partial charge < -0.3 is 4.74 Å². The monoisotopic (exact) mass is 160 g/mol. The SMILES string of the molecule is ClC1CCC[C@H]2COC[C@@H]12. The van der Waals surface area contributed by atoms with Gasteiger partial charge in [-0.15, -0.1) is 11.6 Å². The van der Waals surface area contributed by atoms with Crippen LogP contribution in [-0.4, -0.2) is 18.6 Å². The van der Waals surface area contributed by atoms with Gasteiger partial charge in [-0.25, -0.2) is 0 Å². The summed E-state index contributed by atoms with van der Waals surface area (Å²) in [7, 11) is 0. The van der Waals surface area contributed by atoms with E-state index in [-0.39, 0.29) is 0 Å². The van der Waals surface area contributed by atoms with Crippen molar-refractivity contribution in [2.45, 2.75) is 24.6 Å². The fourth-order valence-corrected chi connectivity index (χ4v) is 2.53. The summed E-state index contributed by atoms with van der Waals surface area (Å²) in [5, 5.41) is 0.404. The van der Waals surface area contributed by atoms with Gasteiger partial charge in [0.15, 0.2) is 0 Å². The van der Waals surface area contributed by atoms with E-state index < -0.39 is 0 Å². The molecule has 0 aromatic rings. The summed E-state index contributed by atoms with van der Waals surface area (Å²) in [6, 6.07) is 0. The van der Waals surface area contributed by atoms with E-state index in [4.69, 9.17) is 16.3 Å². The van der Waals surface area contributed by atoms with Crippen molar-refractivity contribution in [2.75, 3.05) is 13.2 Å². The van der Waals surface area contributed by atoms with Crippen molar-refractivity contribution in [2.24, 2.45) is 11.8 Å². The minimum Gasteiger partial charge on any atom is -0.381 e. The van der Waals surface area contributed by atoms with E-state index in [1.165, 1.54) is 19.3 Å². The average molecular weight is 161 g/mol. The molecule has 0 spiro atoms. The lowest BCUT2D eigenvalue weighted by Gasteiger charge is -2.27. The van der Waals surface area contributed by atoms with E-state index >= 15 is 0 Å². The predicted octanol–water partition coefficient (Wildman–Crippen LogP) is 2.04. The molecule has 2 fully saturated rings. The first-order valence-corrected chi connectivity index (χ1v) is 4.53. The van der Waals surface area contributed by atoms with Crippen molar-refractivity contribution in [3.63, 3.8) is 0 Å². The zero-order valence-corrected chi connectivity index (χ0v) is 6.81. The van der Waals surface area contributed by atoms with E-state index in [0.717, 1.165) is 19.1 Å². The van der Waals surface area contributed by atoms with E-state index in [1.54, 1.807) is 0 Å². The standard InChI is InChI=1S/C8H13ClO/c9-8-3-1-2-6-4-10-5-7(6)8/h6-8H,1-5H2/t6-,7+,8?/m0/s1. The number of ether oxygens (including phenoxy) is 1. The Morgan fingerprint density at radius 2 is 2.10 bits per heavy atom. The van der Waals surface area contributed by atoms with Crippen molar-refractivity contribution in [1.82, 2.24) is 0 Å². The molecule has 0 aromatic carbocycles. The Bertz CT molecular complexity index is 126. The third kappa shape index (κ3) is 1.06. The molecule has 1 saturated carbocycles. The van der Waals surface area contributed by atoms with Crippen molar-refractivity contribution in [3.05, 3.63) is 0 Å². The summed E-state index contributed by atoms with van der Waals surface area (Å²) in [6.07, 6.45) is 3.85. The van der Waals surface area contributed by atoms with Crippen LogP contribution in [0.4, 0.5) is 0 Å². The summed E-state index contributed by atoms with van der Waals surface area (Å²) in [4.78, 5) is 0. The fraction of sp³-hybridized carbons (Fsp3) is 1.00. The smallest absolute Gasteiger partial charge is 0.0512 e. The van der Waals surface area contributed by atoms with Gasteiger partial charge in [0.25, 0.3) is 0 Å². The number of fused-ring (bicyclic) bond motifs is 1. The molecule has 0 N–H and O–H groups in total. The van der Waals surface area contributed by atoms with Crippen molar-refractivity contribution in [3.8, 4) is 0 Å². The molecule has 2 rings (SSSR count). The molecule has 10 heavy (non-hydrogen) atoms. The van der Waals surface area contributed by atoms with Gasteiger partial charge in [0, 0.05) is 17.9 Å². The molecule has 1 unspecified atom stereocenters. The Balaban J connectivity index is 2.03. The molecule has 1 aliphatic carbocycles. The van der Waals surface area contributed by atoms with E-state index in [1.807, 2.05) is 0 Å². The van der Waals surface area contributed by atoms with Crippen LogP contribution in [0.2, 0.25) is 0 Å². The predicted molar refractivity (Wildman–Crippen MR) is 41.3 cm³/mol. The van der Waals surface area contributed by atoms with Crippen LogP contribution in [0.1, 0.15) is 19.3 Å². The first kappa shape index (κ1) is 6.93. The maximum Gasteiger partial charge on any atom is 0.0512 e. The van der Waals surface area contributed by atoms with Crippen molar-refractivity contribution in [1.29, 1.82) is 0 Å². The molecule has 0 radical (unpaired) electrons. The Labute approximate surface area is 66.7 Å². The highest BCUT2D eigenvalue weighted by Crippen LogP contribution is 2.37. The van der Waals surface area contributed by atoms with Gasteiger partial charge in [-0.05, 0) is 18.8 Å². The van der Waals surface area contributed by atoms with Crippen LogP contribution < -0.4 is 0 Å². The molecular formula is C8H13ClO. The highest BCUT2D eigenvalue weighted by molar-refractivity contribution is 6.20. The molecule has 1 saturated heterocycles. The van der Waals surface area contributed by atoms with Gasteiger partial charge in [-0.2, -0.15) is 0 Å². The third-order valence-corrected chi connectivity index (χ3v) is 3.31. The first-order chi connectivity index (χ1) is 4.88. The third-order valence-electron chi connectivity index (χ3n) is 2.77. The Hall–Kier alpha value is 0.250. The van der Waals surface area contributed by atoms with Crippen LogP contribution >= 0.6 is 11.6 Å². The van der Waals surface area contributed by atoms with E-state index in [2.05, 4.69) is 0 Å². The fourth-order valence-electron chi connectivity index (χ4n) is 2.10. The molecule has 3 atom stereocenters. The molecule has 0 bridgehead atoms. The van der Waals surface area contributed by atoms with E-state index in [9.17, 15) is 0 Å². The maximum atomic E-state index is 6.14. The van der Waals surface area contributed by atoms with Crippen LogP contribution in [0.25, 0.3) is 0 Å².